The number of rotatable bonds is 4. The molecule has 0 spiro atoms. The van der Waals surface area contributed by atoms with Crippen LogP contribution in [-0.4, -0.2) is 23.4 Å². The Labute approximate surface area is 94.9 Å². The van der Waals surface area contributed by atoms with E-state index < -0.39 is 5.54 Å². The van der Waals surface area contributed by atoms with E-state index in [1.165, 1.54) is 4.88 Å². The summed E-state index contributed by atoms with van der Waals surface area (Å²) in [6.07, 6.45) is 0.653. The molecule has 1 amide bonds. The fourth-order valence-electron chi connectivity index (χ4n) is 1.30. The number of hydrogen-bond acceptors (Lipinski definition) is 3. The molecule has 1 aromatic heterocycles. The first-order chi connectivity index (χ1) is 6.97. The van der Waals surface area contributed by atoms with Gasteiger partial charge in [-0.05, 0) is 24.8 Å². The molecule has 1 rings (SSSR count). The third-order valence-electron chi connectivity index (χ3n) is 2.54. The Morgan fingerprint density at radius 3 is 2.80 bits per heavy atom. The lowest BCUT2D eigenvalue weighted by Gasteiger charge is -2.27. The molecule has 1 heterocycles. The summed E-state index contributed by atoms with van der Waals surface area (Å²) in [6.45, 7) is 4.35. The van der Waals surface area contributed by atoms with Crippen molar-refractivity contribution < 1.29 is 4.79 Å². The Kier molecular flexibility index (Phi) is 3.88. The summed E-state index contributed by atoms with van der Waals surface area (Å²) in [6, 6.07) is 4.01. The third-order valence-corrected chi connectivity index (χ3v) is 3.40. The number of thiophene rings is 1. The smallest absolute Gasteiger partial charge is 0.242 e. The minimum absolute atomic E-state index is 0.00148. The number of nitrogens with two attached hydrogens (primary N) is 1. The van der Waals surface area contributed by atoms with E-state index in [1.807, 2.05) is 24.4 Å². The van der Waals surface area contributed by atoms with Crippen molar-refractivity contribution in [3.8, 4) is 0 Å². The Bertz CT molecular complexity index is 319. The molecule has 1 aromatic rings. The van der Waals surface area contributed by atoms with Gasteiger partial charge in [-0.3, -0.25) is 4.79 Å². The molecular weight excluding hydrogens is 208 g/mol. The van der Waals surface area contributed by atoms with Crippen LogP contribution in [0.2, 0.25) is 0 Å². The lowest BCUT2D eigenvalue weighted by molar-refractivity contribution is -0.135. The van der Waals surface area contributed by atoms with E-state index >= 15 is 0 Å². The number of nitrogens with zero attached hydrogens (tertiary/aromatic N) is 1. The SMILES string of the molecule is CCC(C)(N)C(=O)N(C)Cc1cccs1. The molecule has 0 aliphatic rings. The van der Waals surface area contributed by atoms with Gasteiger partial charge in [0, 0.05) is 11.9 Å². The maximum absolute atomic E-state index is 11.9. The maximum atomic E-state index is 11.9. The van der Waals surface area contributed by atoms with Gasteiger partial charge in [0.15, 0.2) is 0 Å². The van der Waals surface area contributed by atoms with Crippen LogP contribution in [0.15, 0.2) is 17.5 Å². The van der Waals surface area contributed by atoms with Gasteiger partial charge in [0.25, 0.3) is 0 Å². The average molecular weight is 226 g/mol. The van der Waals surface area contributed by atoms with E-state index in [1.54, 1.807) is 30.2 Å². The van der Waals surface area contributed by atoms with Crippen LogP contribution in [0.25, 0.3) is 0 Å². The summed E-state index contributed by atoms with van der Waals surface area (Å²) in [5.41, 5.74) is 5.16. The van der Waals surface area contributed by atoms with Gasteiger partial charge in [-0.2, -0.15) is 0 Å². The molecular formula is C11H18N2OS. The molecule has 15 heavy (non-hydrogen) atoms. The van der Waals surface area contributed by atoms with E-state index in [0.29, 0.717) is 13.0 Å². The van der Waals surface area contributed by atoms with E-state index in [2.05, 4.69) is 0 Å². The van der Waals surface area contributed by atoms with E-state index in [0.717, 1.165) is 0 Å². The highest BCUT2D eigenvalue weighted by molar-refractivity contribution is 7.09. The summed E-state index contributed by atoms with van der Waals surface area (Å²) >= 11 is 1.65. The molecule has 3 nitrogen and oxygen atoms in total. The summed E-state index contributed by atoms with van der Waals surface area (Å²) in [5.74, 6) is -0.00148. The van der Waals surface area contributed by atoms with Crippen LogP contribution in [0.5, 0.6) is 0 Å². The zero-order chi connectivity index (χ0) is 11.5. The minimum atomic E-state index is -0.744. The topological polar surface area (TPSA) is 46.3 Å². The van der Waals surface area contributed by atoms with Crippen molar-refractivity contribution in [3.05, 3.63) is 22.4 Å². The van der Waals surface area contributed by atoms with Crippen molar-refractivity contribution >= 4 is 17.2 Å². The third kappa shape index (κ3) is 3.04. The molecule has 0 saturated heterocycles. The van der Waals surface area contributed by atoms with Crippen LogP contribution in [0.4, 0.5) is 0 Å². The first-order valence-electron chi connectivity index (χ1n) is 5.04. The predicted molar refractivity (Wildman–Crippen MR) is 63.7 cm³/mol. The number of carbonyl (C=O) groups is 1. The molecule has 0 fully saturated rings. The van der Waals surface area contributed by atoms with Gasteiger partial charge in [0.05, 0.1) is 12.1 Å². The summed E-state index contributed by atoms with van der Waals surface area (Å²) in [7, 11) is 1.79. The quantitative estimate of drug-likeness (QED) is 0.851. The first-order valence-corrected chi connectivity index (χ1v) is 5.92. The van der Waals surface area contributed by atoms with Gasteiger partial charge in [0.2, 0.25) is 5.91 Å². The molecule has 0 radical (unpaired) electrons. The highest BCUT2D eigenvalue weighted by atomic mass is 32.1. The zero-order valence-corrected chi connectivity index (χ0v) is 10.3. The Morgan fingerprint density at radius 2 is 2.33 bits per heavy atom. The fourth-order valence-corrected chi connectivity index (χ4v) is 2.05. The normalized spacial score (nSPS) is 14.7. The van der Waals surface area contributed by atoms with Crippen LogP contribution >= 0.6 is 11.3 Å². The van der Waals surface area contributed by atoms with Gasteiger partial charge in [0.1, 0.15) is 0 Å². The van der Waals surface area contributed by atoms with Crippen LogP contribution in [0.3, 0.4) is 0 Å². The maximum Gasteiger partial charge on any atom is 0.242 e. The Balaban J connectivity index is 2.61. The lowest BCUT2D eigenvalue weighted by Crippen LogP contribution is -2.51. The van der Waals surface area contributed by atoms with Crippen molar-refractivity contribution in [3.63, 3.8) is 0 Å². The van der Waals surface area contributed by atoms with Crippen molar-refractivity contribution in [2.45, 2.75) is 32.4 Å². The summed E-state index contributed by atoms with van der Waals surface area (Å²) in [5, 5.41) is 2.01. The molecule has 0 saturated carbocycles. The van der Waals surface area contributed by atoms with E-state index in [-0.39, 0.29) is 5.91 Å². The molecule has 1 atom stereocenters. The monoisotopic (exact) mass is 226 g/mol. The van der Waals surface area contributed by atoms with E-state index in [4.69, 9.17) is 5.73 Å². The molecule has 0 aromatic carbocycles. The minimum Gasteiger partial charge on any atom is -0.339 e. The van der Waals surface area contributed by atoms with Crippen molar-refractivity contribution in [1.29, 1.82) is 0 Å². The Hall–Kier alpha value is -0.870. The highest BCUT2D eigenvalue weighted by Crippen LogP contribution is 2.14. The van der Waals surface area contributed by atoms with Crippen molar-refractivity contribution in [2.75, 3.05) is 7.05 Å². The van der Waals surface area contributed by atoms with Gasteiger partial charge in [-0.1, -0.05) is 13.0 Å². The summed E-state index contributed by atoms with van der Waals surface area (Å²) in [4.78, 5) is 14.8. The van der Waals surface area contributed by atoms with Crippen LogP contribution in [0.1, 0.15) is 25.1 Å². The molecule has 0 bridgehead atoms. The number of amides is 1. The van der Waals surface area contributed by atoms with Gasteiger partial charge < -0.3 is 10.6 Å². The number of carbonyl (C=O) groups excluding carboxylic acids is 1. The van der Waals surface area contributed by atoms with Gasteiger partial charge in [-0.15, -0.1) is 11.3 Å². The summed E-state index contributed by atoms with van der Waals surface area (Å²) < 4.78 is 0. The second kappa shape index (κ2) is 4.77. The standard InChI is InChI=1S/C11H18N2OS/c1-4-11(2,12)10(14)13(3)8-9-6-5-7-15-9/h5-7H,4,8,12H2,1-3H3. The molecule has 0 aliphatic heterocycles. The second-order valence-electron chi connectivity index (χ2n) is 4.01. The number of likely N-dealkylation sites (N-methyl/N-ethyl adjacent to an activating group) is 1. The number of hydrogen-bond donors (Lipinski definition) is 1. The molecule has 1 unspecified atom stereocenters. The van der Waals surface area contributed by atoms with Crippen LogP contribution in [0, 0.1) is 0 Å². The fraction of sp³-hybridized carbons (Fsp3) is 0.545. The average Bonchev–Trinajstić information content (AvgIpc) is 2.69. The van der Waals surface area contributed by atoms with E-state index in [9.17, 15) is 4.79 Å². The largest absolute Gasteiger partial charge is 0.339 e. The van der Waals surface area contributed by atoms with Crippen LogP contribution in [-0.2, 0) is 11.3 Å². The predicted octanol–water partition coefficient (Wildman–Crippen LogP) is 1.83. The molecule has 4 heteroatoms. The van der Waals surface area contributed by atoms with Gasteiger partial charge >= 0.3 is 0 Å². The Morgan fingerprint density at radius 1 is 1.67 bits per heavy atom. The van der Waals surface area contributed by atoms with Gasteiger partial charge in [-0.25, -0.2) is 0 Å². The highest BCUT2D eigenvalue weighted by Gasteiger charge is 2.28. The molecule has 0 aliphatic carbocycles. The van der Waals surface area contributed by atoms with Crippen LogP contribution < -0.4 is 5.73 Å². The molecule has 84 valence electrons. The van der Waals surface area contributed by atoms with Crippen molar-refractivity contribution in [2.24, 2.45) is 5.73 Å². The second-order valence-corrected chi connectivity index (χ2v) is 5.04. The lowest BCUT2D eigenvalue weighted by atomic mass is 9.99. The first kappa shape index (κ1) is 12.2. The zero-order valence-electron chi connectivity index (χ0n) is 9.49. The van der Waals surface area contributed by atoms with Crippen molar-refractivity contribution in [1.82, 2.24) is 4.90 Å². The molecule has 2 N–H and O–H groups in total.